The molecule has 1 heterocycles. The third-order valence-corrected chi connectivity index (χ3v) is 8.95. The molecule has 0 aliphatic carbocycles. The van der Waals surface area contributed by atoms with Crippen molar-refractivity contribution in [2.45, 2.75) is 63.0 Å². The second kappa shape index (κ2) is 14.2. The van der Waals surface area contributed by atoms with E-state index in [1.54, 1.807) is 49.4 Å². The lowest BCUT2D eigenvalue weighted by atomic mass is 9.92. The van der Waals surface area contributed by atoms with Crippen LogP contribution in [0.1, 0.15) is 49.3 Å². The zero-order valence-corrected chi connectivity index (χ0v) is 24.1. The number of benzene rings is 2. The molecule has 3 unspecified atom stereocenters. The molecule has 3 atom stereocenters. The van der Waals surface area contributed by atoms with Crippen LogP contribution < -0.4 is 15.8 Å². The minimum absolute atomic E-state index is 0.0763. The molecule has 2 aromatic carbocycles. The van der Waals surface area contributed by atoms with Crippen LogP contribution in [0.2, 0.25) is 5.02 Å². The third-order valence-electron chi connectivity index (χ3n) is 7.34. The Hall–Kier alpha value is -2.83. The van der Waals surface area contributed by atoms with Crippen LogP contribution in [-0.4, -0.2) is 61.3 Å². The van der Waals surface area contributed by atoms with E-state index in [9.17, 15) is 27.9 Å². The molecule has 1 saturated heterocycles. The summed E-state index contributed by atoms with van der Waals surface area (Å²) in [5.74, 6) is -2.72. The fourth-order valence-corrected chi connectivity index (χ4v) is 6.82. The smallest absolute Gasteiger partial charge is 0.303 e. The first kappa shape index (κ1) is 31.7. The van der Waals surface area contributed by atoms with E-state index < -0.39 is 39.4 Å². The summed E-state index contributed by atoms with van der Waals surface area (Å²) in [6.07, 6.45) is 1.42. The van der Waals surface area contributed by atoms with Gasteiger partial charge in [-0.15, -0.1) is 0 Å². The number of aldehydes is 1. The molecule has 0 spiro atoms. The zero-order valence-electron chi connectivity index (χ0n) is 22.5. The molecule has 3 rings (SSSR count). The van der Waals surface area contributed by atoms with Gasteiger partial charge in [0.15, 0.2) is 0 Å². The summed E-state index contributed by atoms with van der Waals surface area (Å²) in [6.45, 7) is 2.80. The Kier molecular flexibility index (Phi) is 11.2. The van der Waals surface area contributed by atoms with Crippen LogP contribution in [-0.2, 0) is 43.2 Å². The predicted octanol–water partition coefficient (Wildman–Crippen LogP) is 2.44. The van der Waals surface area contributed by atoms with Gasteiger partial charge in [-0.3, -0.25) is 9.59 Å². The molecule has 40 heavy (non-hydrogen) atoms. The van der Waals surface area contributed by atoms with E-state index in [1.165, 1.54) is 4.90 Å². The van der Waals surface area contributed by atoms with Crippen molar-refractivity contribution in [1.82, 2.24) is 14.9 Å². The van der Waals surface area contributed by atoms with Crippen LogP contribution >= 0.6 is 11.6 Å². The van der Waals surface area contributed by atoms with Crippen molar-refractivity contribution >= 4 is 39.8 Å². The highest BCUT2D eigenvalue weighted by Crippen LogP contribution is 2.30. The number of carboxylic acids is 1. The van der Waals surface area contributed by atoms with Crippen molar-refractivity contribution in [1.29, 1.82) is 0 Å². The normalized spacial score (nSPS) is 18.8. The highest BCUT2D eigenvalue weighted by atomic mass is 35.5. The molecule has 10 nitrogen and oxygen atoms in total. The van der Waals surface area contributed by atoms with Gasteiger partial charge >= 0.3 is 5.97 Å². The van der Waals surface area contributed by atoms with E-state index in [2.05, 4.69) is 10.0 Å². The van der Waals surface area contributed by atoms with Crippen LogP contribution in [0.3, 0.4) is 0 Å². The number of sulfonamides is 1. The summed E-state index contributed by atoms with van der Waals surface area (Å²) in [5.41, 5.74) is 7.08. The maximum absolute atomic E-state index is 13.8. The number of hydrogen-bond acceptors (Lipinski definition) is 7. The number of aliphatic carboxylic acids is 1. The molecule has 2 aromatic rings. The first-order valence-corrected chi connectivity index (χ1v) is 15.2. The van der Waals surface area contributed by atoms with Gasteiger partial charge in [0.05, 0.1) is 11.7 Å². The molecule has 12 heteroatoms. The van der Waals surface area contributed by atoms with Crippen molar-refractivity contribution < 1.29 is 27.9 Å². The van der Waals surface area contributed by atoms with Crippen molar-refractivity contribution in [2.24, 2.45) is 11.7 Å². The van der Waals surface area contributed by atoms with Crippen molar-refractivity contribution in [3.8, 4) is 0 Å². The second-order valence-corrected chi connectivity index (χ2v) is 12.4. The SMILES string of the molecule is CC(C(=O)N1CCCC1(C=O)CNCc1cc(Cl)ccc1CN)C(CCC(=O)O)NS(=O)(=O)Cc1ccccc1. The number of amides is 1. The number of hydrogen-bond donors (Lipinski definition) is 4. The van der Waals surface area contributed by atoms with Gasteiger partial charge in [-0.1, -0.05) is 54.9 Å². The Balaban J connectivity index is 1.75. The van der Waals surface area contributed by atoms with E-state index in [0.717, 1.165) is 17.4 Å². The number of nitrogens with zero attached hydrogens (tertiary/aromatic N) is 1. The van der Waals surface area contributed by atoms with E-state index >= 15 is 0 Å². The summed E-state index contributed by atoms with van der Waals surface area (Å²) in [7, 11) is -3.89. The largest absolute Gasteiger partial charge is 0.481 e. The Bertz CT molecular complexity index is 1290. The molecule has 1 fully saturated rings. The molecule has 0 saturated carbocycles. The topological polar surface area (TPSA) is 159 Å². The third kappa shape index (κ3) is 8.34. The van der Waals surface area contributed by atoms with Gasteiger partial charge in [0.25, 0.3) is 0 Å². The Labute approximate surface area is 240 Å². The van der Waals surface area contributed by atoms with Crippen molar-refractivity contribution in [3.63, 3.8) is 0 Å². The molecule has 0 aromatic heterocycles. The van der Waals surface area contributed by atoms with Gasteiger partial charge in [0.1, 0.15) is 11.8 Å². The average molecular weight is 593 g/mol. The van der Waals surface area contributed by atoms with E-state index in [0.29, 0.717) is 43.1 Å². The number of rotatable bonds is 15. The molecule has 218 valence electrons. The summed E-state index contributed by atoms with van der Waals surface area (Å²) >= 11 is 6.14. The standard InChI is InChI=1S/C28H37ClN4O6S/c1-20(25(10-11-26(35)36)32-40(38,39)17-21-6-3-2-4-7-21)27(37)33-13-5-12-28(33,19-34)18-31-16-23-14-24(29)9-8-22(23)15-30/h2-4,6-9,14,19-20,25,31-32H,5,10-13,15-18,30H2,1H3,(H,35,36). The summed E-state index contributed by atoms with van der Waals surface area (Å²) in [4.78, 5) is 39.0. The van der Waals surface area contributed by atoms with Gasteiger partial charge in [-0.25, -0.2) is 13.1 Å². The van der Waals surface area contributed by atoms with Crippen LogP contribution in [0.5, 0.6) is 0 Å². The first-order valence-electron chi connectivity index (χ1n) is 13.2. The molecule has 0 radical (unpaired) electrons. The molecule has 1 aliphatic rings. The summed E-state index contributed by atoms with van der Waals surface area (Å²) < 4.78 is 28.5. The van der Waals surface area contributed by atoms with E-state index in [1.807, 2.05) is 6.07 Å². The van der Waals surface area contributed by atoms with Crippen molar-refractivity contribution in [2.75, 3.05) is 13.1 Å². The Morgan fingerprint density at radius 3 is 2.58 bits per heavy atom. The molecular formula is C28H37ClN4O6S. The van der Waals surface area contributed by atoms with Crippen LogP contribution in [0.25, 0.3) is 0 Å². The number of halogens is 1. The maximum Gasteiger partial charge on any atom is 0.303 e. The fraction of sp³-hybridized carbons (Fsp3) is 0.464. The summed E-state index contributed by atoms with van der Waals surface area (Å²) in [6, 6.07) is 13.0. The fourth-order valence-electron chi connectivity index (χ4n) is 5.12. The molecule has 1 amide bonds. The summed E-state index contributed by atoms with van der Waals surface area (Å²) in [5, 5.41) is 13.1. The van der Waals surface area contributed by atoms with Gasteiger partial charge in [0, 0.05) is 43.7 Å². The number of carbonyl (C=O) groups excluding carboxylic acids is 2. The van der Waals surface area contributed by atoms with Crippen molar-refractivity contribution in [3.05, 3.63) is 70.2 Å². The van der Waals surface area contributed by atoms with E-state index in [-0.39, 0.29) is 25.1 Å². The van der Waals surface area contributed by atoms with E-state index in [4.69, 9.17) is 17.3 Å². The molecular weight excluding hydrogens is 556 g/mol. The van der Waals surface area contributed by atoms with Crippen LogP contribution in [0.4, 0.5) is 0 Å². The highest BCUT2D eigenvalue weighted by molar-refractivity contribution is 7.88. The molecule has 0 bridgehead atoms. The number of carbonyl (C=O) groups is 3. The lowest BCUT2D eigenvalue weighted by Crippen LogP contribution is -2.58. The first-order chi connectivity index (χ1) is 19.0. The monoisotopic (exact) mass is 592 g/mol. The zero-order chi connectivity index (χ0) is 29.3. The number of nitrogens with two attached hydrogens (primary N) is 1. The van der Waals surface area contributed by atoms with Crippen LogP contribution in [0.15, 0.2) is 48.5 Å². The van der Waals surface area contributed by atoms with Crippen LogP contribution in [0, 0.1) is 5.92 Å². The second-order valence-electron chi connectivity index (χ2n) is 10.2. The minimum Gasteiger partial charge on any atom is -0.481 e. The minimum atomic E-state index is -3.89. The lowest BCUT2D eigenvalue weighted by Gasteiger charge is -2.37. The molecule has 5 N–H and O–H groups in total. The van der Waals surface area contributed by atoms with Gasteiger partial charge in [0.2, 0.25) is 15.9 Å². The average Bonchev–Trinajstić information content (AvgIpc) is 3.34. The molecule has 1 aliphatic heterocycles. The Morgan fingerprint density at radius 1 is 1.20 bits per heavy atom. The van der Waals surface area contributed by atoms with Gasteiger partial charge in [-0.05, 0) is 48.1 Å². The predicted molar refractivity (Wildman–Crippen MR) is 153 cm³/mol. The number of nitrogens with one attached hydrogen (secondary N) is 2. The Morgan fingerprint density at radius 2 is 1.93 bits per heavy atom. The van der Waals surface area contributed by atoms with Gasteiger partial charge < -0.3 is 25.9 Å². The highest BCUT2D eigenvalue weighted by Gasteiger charge is 2.45. The quantitative estimate of drug-likeness (QED) is 0.230. The maximum atomic E-state index is 13.8. The lowest BCUT2D eigenvalue weighted by molar-refractivity contribution is -0.143. The number of likely N-dealkylation sites (tertiary alicyclic amines) is 1. The number of carboxylic acid groups (broad SMARTS) is 1. The van der Waals surface area contributed by atoms with Gasteiger partial charge in [-0.2, -0.15) is 0 Å².